The van der Waals surface area contributed by atoms with Gasteiger partial charge >= 0.3 is 0 Å². The minimum absolute atomic E-state index is 0.120. The molecule has 1 aliphatic rings. The van der Waals surface area contributed by atoms with Crippen molar-refractivity contribution in [2.75, 3.05) is 11.5 Å². The zero-order chi connectivity index (χ0) is 19.8. The van der Waals surface area contributed by atoms with Crippen molar-refractivity contribution in [1.29, 1.82) is 0 Å². The Balaban J connectivity index is 1.98. The molecule has 1 aromatic heterocycles. The van der Waals surface area contributed by atoms with Gasteiger partial charge in [-0.15, -0.1) is 0 Å². The quantitative estimate of drug-likeness (QED) is 0.790. The summed E-state index contributed by atoms with van der Waals surface area (Å²) >= 11 is 0. The van der Waals surface area contributed by atoms with Gasteiger partial charge in [-0.25, -0.2) is 13.1 Å². The fourth-order valence-electron chi connectivity index (χ4n) is 2.81. The van der Waals surface area contributed by atoms with E-state index >= 15 is 0 Å². The van der Waals surface area contributed by atoms with Crippen LogP contribution in [0.3, 0.4) is 0 Å². The number of carbonyl (C=O) groups is 1. The molecule has 9 nitrogen and oxygen atoms in total. The van der Waals surface area contributed by atoms with Gasteiger partial charge in [0.2, 0.25) is 15.9 Å². The normalized spacial score (nSPS) is 14.4. The first-order chi connectivity index (χ1) is 12.7. The molecule has 0 spiro atoms. The minimum atomic E-state index is -3.69. The molecule has 1 aliphatic heterocycles. The molecule has 2 heterocycles. The number of sulfonamides is 1. The number of hydrogen-bond donors (Lipinski definition) is 1. The third-order valence-electron chi connectivity index (χ3n) is 3.99. The first-order valence-electron chi connectivity index (χ1n) is 8.63. The van der Waals surface area contributed by atoms with Gasteiger partial charge in [0, 0.05) is 18.5 Å². The number of hydrogen-bond acceptors (Lipinski definition) is 7. The van der Waals surface area contributed by atoms with Crippen LogP contribution in [0.1, 0.15) is 38.0 Å². The molecule has 0 saturated carbocycles. The Morgan fingerprint density at radius 3 is 2.70 bits per heavy atom. The number of carbonyl (C=O) groups excluding carboxylic acids is 1. The van der Waals surface area contributed by atoms with Gasteiger partial charge in [-0.3, -0.25) is 9.69 Å². The predicted molar refractivity (Wildman–Crippen MR) is 97.0 cm³/mol. The van der Waals surface area contributed by atoms with Crippen LogP contribution in [-0.2, 0) is 27.8 Å². The van der Waals surface area contributed by atoms with E-state index in [9.17, 15) is 13.2 Å². The SMILES string of the molecule is CCc1nc(CN2C(=O)COc3cc(S(=O)(=O)NC(C)C)c(C)cc32)no1. The Morgan fingerprint density at radius 2 is 2.07 bits per heavy atom. The Hall–Kier alpha value is -2.46. The third-order valence-corrected chi connectivity index (χ3v) is 5.79. The number of aromatic nitrogens is 2. The van der Waals surface area contributed by atoms with Crippen LogP contribution in [0.25, 0.3) is 0 Å². The van der Waals surface area contributed by atoms with Gasteiger partial charge in [0.15, 0.2) is 12.4 Å². The summed E-state index contributed by atoms with van der Waals surface area (Å²) in [4.78, 5) is 18.2. The van der Waals surface area contributed by atoms with E-state index in [2.05, 4.69) is 14.9 Å². The van der Waals surface area contributed by atoms with Gasteiger partial charge in [-0.2, -0.15) is 4.98 Å². The number of aryl methyl sites for hydroxylation is 2. The summed E-state index contributed by atoms with van der Waals surface area (Å²) in [5.74, 6) is 0.927. The minimum Gasteiger partial charge on any atom is -0.482 e. The molecule has 3 rings (SSSR count). The van der Waals surface area contributed by atoms with Gasteiger partial charge in [-0.1, -0.05) is 12.1 Å². The highest BCUT2D eigenvalue weighted by atomic mass is 32.2. The van der Waals surface area contributed by atoms with Crippen molar-refractivity contribution in [3.63, 3.8) is 0 Å². The molecule has 0 saturated heterocycles. The van der Waals surface area contributed by atoms with Crippen LogP contribution in [0.2, 0.25) is 0 Å². The predicted octanol–water partition coefficient (Wildman–Crippen LogP) is 1.55. The second-order valence-corrected chi connectivity index (χ2v) is 8.27. The van der Waals surface area contributed by atoms with Crippen LogP contribution >= 0.6 is 0 Å². The Bertz CT molecular complexity index is 968. The summed E-state index contributed by atoms with van der Waals surface area (Å²) in [6.45, 7) is 6.99. The van der Waals surface area contributed by atoms with Crippen LogP contribution in [0.15, 0.2) is 21.6 Å². The Kier molecular flexibility index (Phi) is 5.20. The van der Waals surface area contributed by atoms with Gasteiger partial charge in [0.05, 0.1) is 17.1 Å². The standard InChI is InChI=1S/C17H22N4O5S/c1-5-16-18-15(19-26-16)8-21-12-6-11(4)14(27(23,24)20-10(2)3)7-13(12)25-9-17(21)22/h6-7,10,20H,5,8-9H2,1-4H3. The average molecular weight is 394 g/mol. The zero-order valence-corrected chi connectivity index (χ0v) is 16.5. The van der Waals surface area contributed by atoms with Crippen LogP contribution in [0.5, 0.6) is 5.75 Å². The molecule has 146 valence electrons. The fraction of sp³-hybridized carbons (Fsp3) is 0.471. The molecule has 10 heteroatoms. The monoisotopic (exact) mass is 394 g/mol. The molecule has 1 aromatic carbocycles. The lowest BCUT2D eigenvalue weighted by atomic mass is 10.1. The zero-order valence-electron chi connectivity index (χ0n) is 15.6. The molecule has 0 aliphatic carbocycles. The van der Waals surface area contributed by atoms with Crippen LogP contribution in [-0.4, -0.2) is 37.1 Å². The van der Waals surface area contributed by atoms with Gasteiger partial charge < -0.3 is 9.26 Å². The summed E-state index contributed by atoms with van der Waals surface area (Å²) in [7, 11) is -3.69. The van der Waals surface area contributed by atoms with Crippen LogP contribution < -0.4 is 14.4 Å². The van der Waals surface area contributed by atoms with Crippen molar-refractivity contribution in [2.24, 2.45) is 0 Å². The number of ether oxygens (including phenoxy) is 1. The molecule has 0 bridgehead atoms. The number of amides is 1. The third kappa shape index (κ3) is 3.96. The van der Waals surface area contributed by atoms with E-state index in [1.165, 1.54) is 11.0 Å². The molecule has 1 amide bonds. The summed E-state index contributed by atoms with van der Waals surface area (Å²) < 4.78 is 38.2. The lowest BCUT2D eigenvalue weighted by molar-refractivity contribution is -0.121. The van der Waals surface area contributed by atoms with E-state index in [-0.39, 0.29) is 30.0 Å². The molecule has 27 heavy (non-hydrogen) atoms. The Morgan fingerprint density at radius 1 is 1.33 bits per heavy atom. The van der Waals surface area contributed by atoms with E-state index in [0.29, 0.717) is 35.1 Å². The highest BCUT2D eigenvalue weighted by Crippen LogP contribution is 2.37. The van der Waals surface area contributed by atoms with Crippen LogP contribution in [0.4, 0.5) is 5.69 Å². The summed E-state index contributed by atoms with van der Waals surface area (Å²) in [6, 6.07) is 2.83. The fourth-order valence-corrected chi connectivity index (χ4v) is 4.30. The highest BCUT2D eigenvalue weighted by Gasteiger charge is 2.30. The Labute approximate surface area is 157 Å². The van der Waals surface area contributed by atoms with Crippen LogP contribution in [0, 0.1) is 6.92 Å². The van der Waals surface area contributed by atoms with Crippen molar-refractivity contribution in [2.45, 2.75) is 51.6 Å². The largest absolute Gasteiger partial charge is 0.482 e. The first kappa shape index (κ1) is 19.3. The molecular formula is C17H22N4O5S. The van der Waals surface area contributed by atoms with E-state index in [0.717, 1.165) is 0 Å². The maximum atomic E-state index is 12.5. The van der Waals surface area contributed by atoms with E-state index in [4.69, 9.17) is 9.26 Å². The van der Waals surface area contributed by atoms with Crippen molar-refractivity contribution >= 4 is 21.6 Å². The molecule has 0 fully saturated rings. The first-order valence-corrected chi connectivity index (χ1v) is 10.1. The number of anilines is 1. The highest BCUT2D eigenvalue weighted by molar-refractivity contribution is 7.89. The lowest BCUT2D eigenvalue weighted by Crippen LogP contribution is -2.39. The number of nitrogens with one attached hydrogen (secondary N) is 1. The number of rotatable bonds is 6. The maximum absolute atomic E-state index is 12.5. The lowest BCUT2D eigenvalue weighted by Gasteiger charge is -2.29. The van der Waals surface area contributed by atoms with Crippen molar-refractivity contribution in [3.8, 4) is 5.75 Å². The van der Waals surface area contributed by atoms with Crippen molar-refractivity contribution in [3.05, 3.63) is 29.4 Å². The maximum Gasteiger partial charge on any atom is 0.265 e. The van der Waals surface area contributed by atoms with Crippen molar-refractivity contribution < 1.29 is 22.5 Å². The van der Waals surface area contributed by atoms with E-state index in [1.54, 1.807) is 26.8 Å². The second kappa shape index (κ2) is 7.28. The number of benzene rings is 1. The van der Waals surface area contributed by atoms with Gasteiger partial charge in [0.25, 0.3) is 5.91 Å². The van der Waals surface area contributed by atoms with E-state index < -0.39 is 10.0 Å². The number of fused-ring (bicyclic) bond motifs is 1. The molecule has 1 N–H and O–H groups in total. The molecular weight excluding hydrogens is 372 g/mol. The summed E-state index contributed by atoms with van der Waals surface area (Å²) in [5, 5.41) is 3.87. The van der Waals surface area contributed by atoms with Crippen molar-refractivity contribution in [1.82, 2.24) is 14.9 Å². The summed E-state index contributed by atoms with van der Waals surface area (Å²) in [5.41, 5.74) is 0.989. The molecule has 0 atom stereocenters. The second-order valence-electron chi connectivity index (χ2n) is 6.59. The molecule has 0 radical (unpaired) electrons. The number of nitrogens with zero attached hydrogens (tertiary/aromatic N) is 3. The molecule has 2 aromatic rings. The summed E-state index contributed by atoms with van der Waals surface area (Å²) in [6.07, 6.45) is 0.601. The van der Waals surface area contributed by atoms with E-state index in [1.807, 2.05) is 6.92 Å². The topological polar surface area (TPSA) is 115 Å². The van der Waals surface area contributed by atoms with Gasteiger partial charge in [0.1, 0.15) is 5.75 Å². The van der Waals surface area contributed by atoms with Gasteiger partial charge in [-0.05, 0) is 32.4 Å². The molecule has 0 unspecified atom stereocenters. The smallest absolute Gasteiger partial charge is 0.265 e. The average Bonchev–Trinajstić information content (AvgIpc) is 3.03.